The number of nitrogens with one attached hydrogen (secondary N) is 2. The Morgan fingerprint density at radius 2 is 2.00 bits per heavy atom. The first-order valence-corrected chi connectivity index (χ1v) is 10.8. The number of hydrogen-bond acceptors (Lipinski definition) is 4. The van der Waals surface area contributed by atoms with Crippen LogP contribution in [0.5, 0.6) is 0 Å². The number of thioether (sulfide) groups is 1. The van der Waals surface area contributed by atoms with Gasteiger partial charge in [-0.1, -0.05) is 0 Å². The lowest BCUT2D eigenvalue weighted by Gasteiger charge is -2.43. The molecule has 3 aliphatic heterocycles. The molecule has 0 aliphatic carbocycles. The summed E-state index contributed by atoms with van der Waals surface area (Å²) in [5.74, 6) is 2.31. The molecule has 1 unspecified atom stereocenters. The third kappa shape index (κ3) is 4.79. The summed E-state index contributed by atoms with van der Waals surface area (Å²) in [6.07, 6.45) is 7.62. The smallest absolute Gasteiger partial charge is 0.191 e. The van der Waals surface area contributed by atoms with Gasteiger partial charge in [-0.05, 0) is 64.3 Å². The van der Waals surface area contributed by atoms with Gasteiger partial charge in [-0.2, -0.15) is 11.8 Å². The average molecular weight is 355 g/mol. The Morgan fingerprint density at radius 1 is 1.21 bits per heavy atom. The molecular formula is C18H34N4OS. The second kappa shape index (κ2) is 9.30. The summed E-state index contributed by atoms with van der Waals surface area (Å²) < 4.78 is 5.64. The SMILES string of the molecule is CCNC(=NCC1(N2CCCC2)CCOCC1)NCC1CCCS1. The zero-order valence-electron chi connectivity index (χ0n) is 15.2. The fraction of sp³-hybridized carbons (Fsp3) is 0.944. The van der Waals surface area contributed by atoms with Gasteiger partial charge in [0.2, 0.25) is 0 Å². The van der Waals surface area contributed by atoms with Crippen LogP contribution in [-0.4, -0.2) is 73.3 Å². The molecule has 6 heteroatoms. The van der Waals surface area contributed by atoms with E-state index in [0.29, 0.717) is 0 Å². The number of aliphatic imine (C=N–C) groups is 1. The standard InChI is InChI=1S/C18H34N4OS/c1-2-19-17(20-14-16-6-5-13-24-16)21-15-18(7-11-23-12-8-18)22-9-3-4-10-22/h16H,2-15H2,1H3,(H2,19,20,21). The molecule has 0 aromatic heterocycles. The molecule has 3 fully saturated rings. The molecule has 0 saturated carbocycles. The summed E-state index contributed by atoms with van der Waals surface area (Å²) in [7, 11) is 0. The van der Waals surface area contributed by atoms with Crippen LogP contribution in [0.1, 0.15) is 45.4 Å². The Bertz CT molecular complexity index is 400. The summed E-state index contributed by atoms with van der Waals surface area (Å²) in [6, 6.07) is 0. The van der Waals surface area contributed by atoms with Crippen molar-refractivity contribution in [1.82, 2.24) is 15.5 Å². The summed E-state index contributed by atoms with van der Waals surface area (Å²) in [4.78, 5) is 7.69. The van der Waals surface area contributed by atoms with Crippen LogP contribution in [-0.2, 0) is 4.74 Å². The van der Waals surface area contributed by atoms with E-state index in [-0.39, 0.29) is 5.54 Å². The van der Waals surface area contributed by atoms with E-state index in [2.05, 4.69) is 34.2 Å². The topological polar surface area (TPSA) is 48.9 Å². The second-order valence-corrected chi connectivity index (χ2v) is 8.65. The van der Waals surface area contributed by atoms with E-state index in [1.54, 1.807) is 0 Å². The predicted molar refractivity (Wildman–Crippen MR) is 103 cm³/mol. The minimum atomic E-state index is 0.221. The van der Waals surface area contributed by atoms with Crippen LogP contribution in [0.15, 0.2) is 4.99 Å². The minimum absolute atomic E-state index is 0.221. The maximum Gasteiger partial charge on any atom is 0.191 e. The van der Waals surface area contributed by atoms with Crippen molar-refractivity contribution in [1.29, 1.82) is 0 Å². The van der Waals surface area contributed by atoms with Crippen LogP contribution < -0.4 is 10.6 Å². The molecule has 138 valence electrons. The first kappa shape index (κ1) is 18.3. The van der Waals surface area contributed by atoms with Gasteiger partial charge in [-0.3, -0.25) is 9.89 Å². The third-order valence-electron chi connectivity index (χ3n) is 5.60. The van der Waals surface area contributed by atoms with E-state index in [9.17, 15) is 0 Å². The van der Waals surface area contributed by atoms with E-state index < -0.39 is 0 Å². The maximum absolute atomic E-state index is 5.64. The largest absolute Gasteiger partial charge is 0.381 e. The number of hydrogen-bond donors (Lipinski definition) is 2. The number of ether oxygens (including phenoxy) is 1. The monoisotopic (exact) mass is 354 g/mol. The van der Waals surface area contributed by atoms with Gasteiger partial charge in [-0.15, -0.1) is 0 Å². The highest BCUT2D eigenvalue weighted by Gasteiger charge is 2.39. The first-order valence-electron chi connectivity index (χ1n) is 9.79. The predicted octanol–water partition coefficient (Wildman–Crippen LogP) is 2.08. The molecule has 5 nitrogen and oxygen atoms in total. The molecule has 3 rings (SSSR count). The number of guanidine groups is 1. The molecule has 3 aliphatic rings. The normalized spacial score (nSPS) is 28.2. The van der Waals surface area contributed by atoms with Crippen molar-refractivity contribution in [2.45, 2.75) is 56.2 Å². The van der Waals surface area contributed by atoms with Crippen LogP contribution >= 0.6 is 11.8 Å². The van der Waals surface area contributed by atoms with E-state index in [1.165, 1.54) is 44.5 Å². The second-order valence-electron chi connectivity index (χ2n) is 7.24. The fourth-order valence-corrected chi connectivity index (χ4v) is 5.30. The van der Waals surface area contributed by atoms with Gasteiger partial charge < -0.3 is 15.4 Å². The molecule has 1 atom stereocenters. The number of nitrogens with zero attached hydrogens (tertiary/aromatic N) is 2. The minimum Gasteiger partial charge on any atom is -0.381 e. The van der Waals surface area contributed by atoms with Crippen molar-refractivity contribution < 1.29 is 4.74 Å². The number of rotatable bonds is 6. The van der Waals surface area contributed by atoms with Crippen molar-refractivity contribution >= 4 is 17.7 Å². The van der Waals surface area contributed by atoms with Gasteiger partial charge in [0.1, 0.15) is 0 Å². The van der Waals surface area contributed by atoms with Gasteiger partial charge >= 0.3 is 0 Å². The zero-order valence-corrected chi connectivity index (χ0v) is 16.0. The lowest BCUT2D eigenvalue weighted by molar-refractivity contribution is -0.0139. The fourth-order valence-electron chi connectivity index (χ4n) is 4.10. The highest BCUT2D eigenvalue weighted by Crippen LogP contribution is 2.31. The van der Waals surface area contributed by atoms with Crippen LogP contribution in [0.25, 0.3) is 0 Å². The first-order chi connectivity index (χ1) is 11.8. The van der Waals surface area contributed by atoms with E-state index in [1.807, 2.05) is 0 Å². The number of likely N-dealkylation sites (tertiary alicyclic amines) is 1. The molecule has 0 amide bonds. The summed E-state index contributed by atoms with van der Waals surface area (Å²) in [6.45, 7) is 9.23. The highest BCUT2D eigenvalue weighted by atomic mass is 32.2. The van der Waals surface area contributed by atoms with Crippen molar-refractivity contribution in [3.8, 4) is 0 Å². The van der Waals surface area contributed by atoms with Crippen LogP contribution in [0.2, 0.25) is 0 Å². The zero-order chi connectivity index (χ0) is 16.7. The Morgan fingerprint density at radius 3 is 2.67 bits per heavy atom. The van der Waals surface area contributed by atoms with Crippen LogP contribution in [0.4, 0.5) is 0 Å². The van der Waals surface area contributed by atoms with Gasteiger partial charge in [0.15, 0.2) is 5.96 Å². The molecule has 24 heavy (non-hydrogen) atoms. The van der Waals surface area contributed by atoms with Gasteiger partial charge in [0, 0.05) is 37.1 Å². The molecular weight excluding hydrogens is 320 g/mol. The summed E-state index contributed by atoms with van der Waals surface area (Å²) >= 11 is 2.10. The molecule has 3 saturated heterocycles. The third-order valence-corrected chi connectivity index (χ3v) is 7.00. The van der Waals surface area contributed by atoms with E-state index in [0.717, 1.165) is 56.9 Å². The van der Waals surface area contributed by atoms with Crippen LogP contribution in [0, 0.1) is 0 Å². The molecule has 2 N–H and O–H groups in total. The van der Waals surface area contributed by atoms with Gasteiger partial charge in [0.05, 0.1) is 6.54 Å². The van der Waals surface area contributed by atoms with E-state index in [4.69, 9.17) is 9.73 Å². The van der Waals surface area contributed by atoms with Crippen molar-refractivity contribution in [2.75, 3.05) is 51.7 Å². The molecule has 0 spiro atoms. The molecule has 0 bridgehead atoms. The molecule has 0 aromatic rings. The Labute approximate surface area is 151 Å². The van der Waals surface area contributed by atoms with E-state index >= 15 is 0 Å². The summed E-state index contributed by atoms with van der Waals surface area (Å²) in [5.41, 5.74) is 0.221. The quantitative estimate of drug-likeness (QED) is 0.565. The highest BCUT2D eigenvalue weighted by molar-refractivity contribution is 8.00. The van der Waals surface area contributed by atoms with Gasteiger partial charge in [-0.25, -0.2) is 0 Å². The van der Waals surface area contributed by atoms with Crippen molar-refractivity contribution in [2.24, 2.45) is 4.99 Å². The molecule has 0 aromatic carbocycles. The van der Waals surface area contributed by atoms with Crippen molar-refractivity contribution in [3.05, 3.63) is 0 Å². The molecule has 0 radical (unpaired) electrons. The maximum atomic E-state index is 5.64. The Kier molecular flexibility index (Phi) is 7.10. The van der Waals surface area contributed by atoms with Crippen molar-refractivity contribution in [3.63, 3.8) is 0 Å². The molecule has 3 heterocycles. The Balaban J connectivity index is 1.60. The lowest BCUT2D eigenvalue weighted by atomic mass is 9.88. The van der Waals surface area contributed by atoms with Crippen LogP contribution in [0.3, 0.4) is 0 Å². The summed E-state index contributed by atoms with van der Waals surface area (Å²) in [5, 5.41) is 7.77. The Hall–Kier alpha value is -0.460. The van der Waals surface area contributed by atoms with Gasteiger partial charge in [0.25, 0.3) is 0 Å². The lowest BCUT2D eigenvalue weighted by Crippen LogP contribution is -2.54. The average Bonchev–Trinajstić information content (AvgIpc) is 3.32.